The fourth-order valence-electron chi connectivity index (χ4n) is 4.22. The van der Waals surface area contributed by atoms with Crippen molar-refractivity contribution >= 4 is 5.96 Å². The SMILES string of the molecule is CN=C(NCC1CCCN(C)C1)NCC(c1ccco1)N1CCCCC1. The number of guanidine groups is 1. The third kappa shape index (κ3) is 5.48. The molecule has 0 saturated carbocycles. The maximum absolute atomic E-state index is 5.73. The molecule has 3 rings (SSSR count). The van der Waals surface area contributed by atoms with Crippen molar-refractivity contribution in [2.24, 2.45) is 10.9 Å². The molecule has 2 aliphatic heterocycles. The fraction of sp³-hybridized carbons (Fsp3) is 0.750. The van der Waals surface area contributed by atoms with Crippen molar-refractivity contribution in [2.75, 3.05) is 53.4 Å². The molecule has 0 spiro atoms. The van der Waals surface area contributed by atoms with E-state index in [1.165, 1.54) is 45.2 Å². The number of piperidine rings is 2. The van der Waals surface area contributed by atoms with Gasteiger partial charge in [-0.2, -0.15) is 0 Å². The average molecular weight is 362 g/mol. The smallest absolute Gasteiger partial charge is 0.191 e. The minimum absolute atomic E-state index is 0.268. The number of rotatable bonds is 6. The molecule has 0 aromatic carbocycles. The van der Waals surface area contributed by atoms with Gasteiger partial charge in [0, 0.05) is 26.7 Å². The van der Waals surface area contributed by atoms with Crippen molar-refractivity contribution in [2.45, 2.75) is 38.1 Å². The van der Waals surface area contributed by atoms with Crippen molar-refractivity contribution < 1.29 is 4.42 Å². The summed E-state index contributed by atoms with van der Waals surface area (Å²) >= 11 is 0. The summed E-state index contributed by atoms with van der Waals surface area (Å²) in [6.07, 6.45) is 8.27. The summed E-state index contributed by atoms with van der Waals surface area (Å²) in [4.78, 5) is 9.39. The molecule has 2 unspecified atom stereocenters. The third-order valence-corrected chi connectivity index (χ3v) is 5.67. The van der Waals surface area contributed by atoms with Gasteiger partial charge in [-0.25, -0.2) is 0 Å². The Balaban J connectivity index is 1.51. The van der Waals surface area contributed by atoms with Crippen LogP contribution in [0.3, 0.4) is 0 Å². The molecule has 0 radical (unpaired) electrons. The molecule has 2 fully saturated rings. The van der Waals surface area contributed by atoms with Gasteiger partial charge in [-0.15, -0.1) is 0 Å². The Morgan fingerprint density at radius 2 is 2.08 bits per heavy atom. The Labute approximate surface area is 158 Å². The molecule has 26 heavy (non-hydrogen) atoms. The number of likely N-dealkylation sites (tertiary alicyclic amines) is 2. The lowest BCUT2D eigenvalue weighted by Gasteiger charge is -2.34. The topological polar surface area (TPSA) is 56.0 Å². The fourth-order valence-corrected chi connectivity index (χ4v) is 4.22. The lowest BCUT2D eigenvalue weighted by molar-refractivity contribution is 0.146. The van der Waals surface area contributed by atoms with Gasteiger partial charge < -0.3 is 20.0 Å². The van der Waals surface area contributed by atoms with Crippen LogP contribution < -0.4 is 10.6 Å². The van der Waals surface area contributed by atoms with Crippen molar-refractivity contribution in [1.29, 1.82) is 0 Å². The van der Waals surface area contributed by atoms with E-state index in [9.17, 15) is 0 Å². The van der Waals surface area contributed by atoms with E-state index in [1.807, 2.05) is 13.1 Å². The van der Waals surface area contributed by atoms with Crippen LogP contribution in [0.15, 0.2) is 27.8 Å². The van der Waals surface area contributed by atoms with E-state index in [4.69, 9.17) is 4.42 Å². The minimum Gasteiger partial charge on any atom is -0.468 e. The van der Waals surface area contributed by atoms with Gasteiger partial charge in [0.2, 0.25) is 0 Å². The molecule has 0 bridgehead atoms. The Hall–Kier alpha value is -1.53. The highest BCUT2D eigenvalue weighted by Gasteiger charge is 2.25. The third-order valence-electron chi connectivity index (χ3n) is 5.67. The van der Waals surface area contributed by atoms with Crippen LogP contribution in [0.25, 0.3) is 0 Å². The molecule has 2 N–H and O–H groups in total. The summed E-state index contributed by atoms with van der Waals surface area (Å²) in [7, 11) is 4.07. The molecule has 0 amide bonds. The van der Waals surface area contributed by atoms with Crippen LogP contribution >= 0.6 is 0 Å². The van der Waals surface area contributed by atoms with Crippen LogP contribution in [0.4, 0.5) is 0 Å². The van der Waals surface area contributed by atoms with Crippen molar-refractivity contribution in [3.63, 3.8) is 0 Å². The number of hydrogen-bond acceptors (Lipinski definition) is 4. The first-order valence-electron chi connectivity index (χ1n) is 10.2. The maximum atomic E-state index is 5.73. The van der Waals surface area contributed by atoms with Crippen LogP contribution in [0, 0.1) is 5.92 Å². The Morgan fingerprint density at radius 3 is 2.77 bits per heavy atom. The number of aliphatic imine (C=N–C) groups is 1. The average Bonchev–Trinajstić information content (AvgIpc) is 3.20. The van der Waals surface area contributed by atoms with Gasteiger partial charge in [0.1, 0.15) is 5.76 Å². The van der Waals surface area contributed by atoms with Crippen molar-refractivity contribution in [3.05, 3.63) is 24.2 Å². The molecule has 2 saturated heterocycles. The van der Waals surface area contributed by atoms with E-state index in [1.54, 1.807) is 6.26 Å². The highest BCUT2D eigenvalue weighted by molar-refractivity contribution is 5.79. The summed E-state index contributed by atoms with van der Waals surface area (Å²) in [5.74, 6) is 2.64. The zero-order valence-corrected chi connectivity index (χ0v) is 16.4. The van der Waals surface area contributed by atoms with Crippen molar-refractivity contribution in [1.82, 2.24) is 20.4 Å². The van der Waals surface area contributed by atoms with Gasteiger partial charge in [0.25, 0.3) is 0 Å². The predicted octanol–water partition coefficient (Wildman–Crippen LogP) is 2.31. The normalized spacial score (nSPS) is 24.4. The molecule has 6 nitrogen and oxygen atoms in total. The first-order valence-corrected chi connectivity index (χ1v) is 10.2. The first kappa shape index (κ1) is 19.2. The molecule has 2 aliphatic rings. The van der Waals surface area contributed by atoms with E-state index in [-0.39, 0.29) is 6.04 Å². The van der Waals surface area contributed by atoms with Gasteiger partial charge >= 0.3 is 0 Å². The Bertz CT molecular complexity index is 538. The first-order chi connectivity index (χ1) is 12.8. The minimum atomic E-state index is 0.268. The summed E-state index contributed by atoms with van der Waals surface area (Å²) in [5.41, 5.74) is 0. The summed E-state index contributed by atoms with van der Waals surface area (Å²) in [6.45, 7) is 6.49. The van der Waals surface area contributed by atoms with E-state index in [0.29, 0.717) is 5.92 Å². The Kier molecular flexibility index (Phi) is 7.38. The largest absolute Gasteiger partial charge is 0.468 e. The monoisotopic (exact) mass is 361 g/mol. The molecule has 3 heterocycles. The Morgan fingerprint density at radius 1 is 1.23 bits per heavy atom. The van der Waals surface area contributed by atoms with Gasteiger partial charge in [0.15, 0.2) is 5.96 Å². The van der Waals surface area contributed by atoms with Gasteiger partial charge in [0.05, 0.1) is 12.3 Å². The zero-order chi connectivity index (χ0) is 18.2. The van der Waals surface area contributed by atoms with E-state index < -0.39 is 0 Å². The number of nitrogens with zero attached hydrogens (tertiary/aromatic N) is 3. The van der Waals surface area contributed by atoms with Crippen LogP contribution in [0.1, 0.15) is 43.9 Å². The quantitative estimate of drug-likeness (QED) is 0.602. The zero-order valence-electron chi connectivity index (χ0n) is 16.4. The van der Waals surface area contributed by atoms with Crippen molar-refractivity contribution in [3.8, 4) is 0 Å². The van der Waals surface area contributed by atoms with E-state index in [2.05, 4.69) is 38.5 Å². The molecule has 1 aromatic rings. The molecular formula is C20H35N5O. The second kappa shape index (κ2) is 9.97. The predicted molar refractivity (Wildman–Crippen MR) is 106 cm³/mol. The standard InChI is InChI=1S/C20H35N5O/c1-21-20(22-14-17-8-6-10-24(2)16-17)23-15-18(19-9-7-13-26-19)25-11-4-3-5-12-25/h7,9,13,17-18H,3-6,8,10-12,14-16H2,1-2H3,(H2,21,22,23). The molecule has 0 aliphatic carbocycles. The second-order valence-corrected chi connectivity index (χ2v) is 7.73. The molecule has 1 aromatic heterocycles. The second-order valence-electron chi connectivity index (χ2n) is 7.73. The van der Waals surface area contributed by atoms with E-state index in [0.717, 1.165) is 37.9 Å². The van der Waals surface area contributed by atoms with Gasteiger partial charge in [-0.3, -0.25) is 9.89 Å². The van der Waals surface area contributed by atoms with Crippen LogP contribution in [-0.2, 0) is 0 Å². The van der Waals surface area contributed by atoms with Crippen LogP contribution in [0.5, 0.6) is 0 Å². The number of hydrogen-bond donors (Lipinski definition) is 2. The van der Waals surface area contributed by atoms with Gasteiger partial charge in [-0.1, -0.05) is 6.42 Å². The molecule has 146 valence electrons. The summed E-state index contributed by atoms with van der Waals surface area (Å²) < 4.78 is 5.73. The molecule has 2 atom stereocenters. The summed E-state index contributed by atoms with van der Waals surface area (Å²) in [6, 6.07) is 4.35. The highest BCUT2D eigenvalue weighted by atomic mass is 16.3. The lowest BCUT2D eigenvalue weighted by Crippen LogP contribution is -2.46. The number of furan rings is 1. The maximum Gasteiger partial charge on any atom is 0.191 e. The lowest BCUT2D eigenvalue weighted by atomic mass is 9.99. The van der Waals surface area contributed by atoms with Crippen LogP contribution in [0.2, 0.25) is 0 Å². The molecule has 6 heteroatoms. The highest BCUT2D eigenvalue weighted by Crippen LogP contribution is 2.24. The summed E-state index contributed by atoms with van der Waals surface area (Å²) in [5, 5.41) is 7.06. The van der Waals surface area contributed by atoms with Gasteiger partial charge in [-0.05, 0) is 70.4 Å². The molecular weight excluding hydrogens is 326 g/mol. The van der Waals surface area contributed by atoms with E-state index >= 15 is 0 Å². The number of nitrogens with one attached hydrogen (secondary N) is 2. The van der Waals surface area contributed by atoms with Crippen LogP contribution in [-0.4, -0.2) is 69.1 Å².